The lowest BCUT2D eigenvalue weighted by molar-refractivity contribution is 0.0946. The molecular formula is C15H18N4O3. The normalized spacial score (nSPS) is 22.5. The highest BCUT2D eigenvalue weighted by molar-refractivity contribution is 5.96. The lowest BCUT2D eigenvalue weighted by atomic mass is 10.2. The number of carbonyl (C=O) groups excluding carboxylic acids is 1. The number of hydrogen-bond acceptors (Lipinski definition) is 4. The molecule has 1 aromatic heterocycles. The fourth-order valence-electron chi connectivity index (χ4n) is 3.23. The quantitative estimate of drug-likeness (QED) is 0.879. The van der Waals surface area contributed by atoms with E-state index in [-0.39, 0.29) is 17.6 Å². The van der Waals surface area contributed by atoms with Gasteiger partial charge in [-0.1, -0.05) is 0 Å². The summed E-state index contributed by atoms with van der Waals surface area (Å²) >= 11 is 0. The molecule has 2 aliphatic heterocycles. The van der Waals surface area contributed by atoms with Crippen LogP contribution in [0.1, 0.15) is 29.8 Å². The maximum atomic E-state index is 12.2. The van der Waals surface area contributed by atoms with E-state index in [0.717, 1.165) is 18.7 Å². The molecule has 4 rings (SSSR count). The van der Waals surface area contributed by atoms with E-state index in [1.54, 1.807) is 6.07 Å². The van der Waals surface area contributed by atoms with E-state index in [0.29, 0.717) is 24.8 Å². The Morgan fingerprint density at radius 3 is 2.86 bits per heavy atom. The number of aromatic nitrogens is 1. The summed E-state index contributed by atoms with van der Waals surface area (Å²) in [6.45, 7) is 2.21. The Hall–Kier alpha value is -2.31. The third-order valence-electron chi connectivity index (χ3n) is 4.64. The molecule has 2 bridgehead atoms. The molecule has 2 amide bonds. The monoisotopic (exact) mass is 302 g/mol. The Morgan fingerprint density at radius 2 is 2.14 bits per heavy atom. The number of pyridine rings is 1. The van der Waals surface area contributed by atoms with Gasteiger partial charge in [0.2, 0.25) is 0 Å². The molecule has 1 saturated carbocycles. The average Bonchev–Trinajstić information content (AvgIpc) is 3.25. The number of nitrogens with one attached hydrogen (secondary N) is 1. The van der Waals surface area contributed by atoms with Gasteiger partial charge in [-0.15, -0.1) is 0 Å². The standard InChI is InChI=1S/C15H18N4O3/c20-14(16-7-9-1-2-9)11-3-4-12-13(17-11)19(15(21)22)10-5-6-18(12)8-10/h3-4,9-10H,1-2,5-8H2,(H,16,20)(H,21,22)/t10-/m0/s1. The highest BCUT2D eigenvalue weighted by Gasteiger charge is 2.40. The zero-order chi connectivity index (χ0) is 15.3. The lowest BCUT2D eigenvalue weighted by Gasteiger charge is -2.34. The van der Waals surface area contributed by atoms with Crippen LogP contribution in [0.2, 0.25) is 0 Å². The third-order valence-corrected chi connectivity index (χ3v) is 4.64. The predicted octanol–water partition coefficient (Wildman–Crippen LogP) is 1.30. The minimum atomic E-state index is -1.00. The van der Waals surface area contributed by atoms with Crippen molar-refractivity contribution in [1.29, 1.82) is 0 Å². The number of carbonyl (C=O) groups is 2. The van der Waals surface area contributed by atoms with Crippen LogP contribution >= 0.6 is 0 Å². The maximum absolute atomic E-state index is 12.2. The van der Waals surface area contributed by atoms with Crippen molar-refractivity contribution in [3.05, 3.63) is 17.8 Å². The second-order valence-corrected chi connectivity index (χ2v) is 6.23. The molecule has 0 spiro atoms. The fourth-order valence-corrected chi connectivity index (χ4v) is 3.23. The van der Waals surface area contributed by atoms with Crippen LogP contribution < -0.4 is 15.1 Å². The molecule has 116 valence electrons. The van der Waals surface area contributed by atoms with E-state index in [1.807, 2.05) is 6.07 Å². The van der Waals surface area contributed by atoms with Crippen LogP contribution in [0, 0.1) is 5.92 Å². The summed E-state index contributed by atoms with van der Waals surface area (Å²) in [5.74, 6) is 0.757. The highest BCUT2D eigenvalue weighted by Crippen LogP contribution is 2.38. The van der Waals surface area contributed by atoms with Gasteiger partial charge in [-0.3, -0.25) is 9.69 Å². The highest BCUT2D eigenvalue weighted by atomic mass is 16.4. The first-order valence-electron chi connectivity index (χ1n) is 7.70. The molecule has 7 nitrogen and oxygen atoms in total. The molecular weight excluding hydrogens is 284 g/mol. The summed E-state index contributed by atoms with van der Waals surface area (Å²) in [6.07, 6.45) is 2.13. The van der Waals surface area contributed by atoms with Crippen molar-refractivity contribution in [2.75, 3.05) is 29.4 Å². The number of rotatable bonds is 3. The molecule has 2 fully saturated rings. The van der Waals surface area contributed by atoms with Crippen LogP contribution in [0.25, 0.3) is 0 Å². The number of carboxylic acid groups (broad SMARTS) is 1. The Morgan fingerprint density at radius 1 is 1.32 bits per heavy atom. The van der Waals surface area contributed by atoms with Crippen molar-refractivity contribution in [3.8, 4) is 0 Å². The molecule has 1 aromatic rings. The summed E-state index contributed by atoms with van der Waals surface area (Å²) in [4.78, 5) is 31.5. The second kappa shape index (κ2) is 4.86. The van der Waals surface area contributed by atoms with Crippen molar-refractivity contribution < 1.29 is 14.7 Å². The first kappa shape index (κ1) is 13.4. The summed E-state index contributed by atoms with van der Waals surface area (Å²) < 4.78 is 0. The van der Waals surface area contributed by atoms with Gasteiger partial charge in [0, 0.05) is 19.6 Å². The van der Waals surface area contributed by atoms with Crippen LogP contribution in [0.5, 0.6) is 0 Å². The Balaban J connectivity index is 1.64. The Bertz CT molecular complexity index is 644. The number of hydrogen-bond donors (Lipinski definition) is 2. The smallest absolute Gasteiger partial charge is 0.413 e. The van der Waals surface area contributed by atoms with Gasteiger partial charge in [0.05, 0.1) is 11.7 Å². The van der Waals surface area contributed by atoms with E-state index in [9.17, 15) is 14.7 Å². The van der Waals surface area contributed by atoms with Gasteiger partial charge in [0.1, 0.15) is 5.69 Å². The SMILES string of the molecule is O=C(NCC1CC1)c1ccc2c(n1)N(C(=O)O)[C@H]1CCN2C1. The summed E-state index contributed by atoms with van der Waals surface area (Å²) in [7, 11) is 0. The number of anilines is 2. The molecule has 1 saturated heterocycles. The van der Waals surface area contributed by atoms with Gasteiger partial charge in [-0.2, -0.15) is 0 Å². The molecule has 7 heteroatoms. The van der Waals surface area contributed by atoms with E-state index in [2.05, 4.69) is 15.2 Å². The molecule has 22 heavy (non-hydrogen) atoms. The Kier molecular flexibility index (Phi) is 2.95. The van der Waals surface area contributed by atoms with E-state index in [1.165, 1.54) is 17.7 Å². The van der Waals surface area contributed by atoms with Crippen LogP contribution in [0.4, 0.5) is 16.3 Å². The third kappa shape index (κ3) is 2.17. The molecule has 2 N–H and O–H groups in total. The minimum Gasteiger partial charge on any atom is -0.465 e. The molecule has 0 radical (unpaired) electrons. The number of nitrogens with zero attached hydrogens (tertiary/aromatic N) is 3. The Labute approximate surface area is 127 Å². The average molecular weight is 302 g/mol. The summed E-state index contributed by atoms with van der Waals surface area (Å²) in [5.41, 5.74) is 1.09. The zero-order valence-electron chi connectivity index (χ0n) is 12.2. The first-order valence-corrected chi connectivity index (χ1v) is 7.70. The molecule has 1 aliphatic carbocycles. The van der Waals surface area contributed by atoms with E-state index < -0.39 is 6.09 Å². The molecule has 0 unspecified atom stereocenters. The van der Waals surface area contributed by atoms with Crippen molar-refractivity contribution in [2.24, 2.45) is 5.92 Å². The van der Waals surface area contributed by atoms with Crippen molar-refractivity contribution in [3.63, 3.8) is 0 Å². The lowest BCUT2D eigenvalue weighted by Crippen LogP contribution is -2.46. The molecule has 0 aromatic carbocycles. The van der Waals surface area contributed by atoms with Crippen molar-refractivity contribution >= 4 is 23.5 Å². The summed E-state index contributed by atoms with van der Waals surface area (Å²) in [6, 6.07) is 3.42. The van der Waals surface area contributed by atoms with Gasteiger partial charge in [-0.05, 0) is 37.3 Å². The maximum Gasteiger partial charge on any atom is 0.413 e. The molecule has 3 heterocycles. The van der Waals surface area contributed by atoms with Gasteiger partial charge < -0.3 is 15.3 Å². The van der Waals surface area contributed by atoms with E-state index in [4.69, 9.17) is 0 Å². The van der Waals surface area contributed by atoms with Crippen LogP contribution in [-0.2, 0) is 0 Å². The van der Waals surface area contributed by atoms with Gasteiger partial charge in [0.25, 0.3) is 5.91 Å². The summed E-state index contributed by atoms with van der Waals surface area (Å²) in [5, 5.41) is 12.4. The van der Waals surface area contributed by atoms with Crippen LogP contribution in [0.15, 0.2) is 12.1 Å². The number of amides is 2. The van der Waals surface area contributed by atoms with Crippen LogP contribution in [-0.4, -0.2) is 47.8 Å². The van der Waals surface area contributed by atoms with E-state index >= 15 is 0 Å². The van der Waals surface area contributed by atoms with Crippen molar-refractivity contribution in [2.45, 2.75) is 25.3 Å². The minimum absolute atomic E-state index is 0.0673. The zero-order valence-corrected chi connectivity index (χ0v) is 12.2. The van der Waals surface area contributed by atoms with Crippen LogP contribution in [0.3, 0.4) is 0 Å². The second-order valence-electron chi connectivity index (χ2n) is 6.23. The van der Waals surface area contributed by atoms with Gasteiger partial charge in [-0.25, -0.2) is 9.78 Å². The first-order chi connectivity index (χ1) is 10.6. The number of fused-ring (bicyclic) bond motifs is 4. The predicted molar refractivity (Wildman–Crippen MR) is 80.4 cm³/mol. The largest absolute Gasteiger partial charge is 0.465 e. The van der Waals surface area contributed by atoms with Gasteiger partial charge in [0.15, 0.2) is 5.82 Å². The van der Waals surface area contributed by atoms with Gasteiger partial charge >= 0.3 is 6.09 Å². The molecule has 1 atom stereocenters. The molecule has 3 aliphatic rings. The topological polar surface area (TPSA) is 85.8 Å². The van der Waals surface area contributed by atoms with Crippen molar-refractivity contribution in [1.82, 2.24) is 10.3 Å². The fraction of sp³-hybridized carbons (Fsp3) is 0.533.